The summed E-state index contributed by atoms with van der Waals surface area (Å²) in [6, 6.07) is 17.9. The zero-order valence-corrected chi connectivity index (χ0v) is 30.0. The molecular weight excluding hydrogens is 780 g/mol. The Hall–Kier alpha value is -3.21. The zero-order chi connectivity index (χ0) is 32.6. The van der Waals surface area contributed by atoms with Crippen molar-refractivity contribution in [2.75, 3.05) is 11.5 Å². The predicted octanol–water partition coefficient (Wildman–Crippen LogP) is 7.91. The fraction of sp³-hybridized carbons (Fsp3) is 0.306. The van der Waals surface area contributed by atoms with Gasteiger partial charge in [0.1, 0.15) is 0 Å². The highest BCUT2D eigenvalue weighted by Gasteiger charge is 2.66. The first-order chi connectivity index (χ1) is 21.9. The van der Waals surface area contributed by atoms with E-state index in [9.17, 15) is 19.2 Å². The van der Waals surface area contributed by atoms with Gasteiger partial charge < -0.3 is 4.74 Å². The molecule has 46 heavy (non-hydrogen) atoms. The van der Waals surface area contributed by atoms with Crippen molar-refractivity contribution in [1.29, 1.82) is 0 Å². The Morgan fingerprint density at radius 2 is 1.50 bits per heavy atom. The number of alkyl halides is 2. The summed E-state index contributed by atoms with van der Waals surface area (Å²) >= 11 is 11.0. The molecule has 7 rings (SSSR count). The smallest absolute Gasteiger partial charge is 0.339 e. The van der Waals surface area contributed by atoms with Crippen LogP contribution in [0.5, 0.6) is 0 Å². The zero-order valence-electron chi connectivity index (χ0n) is 25.2. The van der Waals surface area contributed by atoms with Gasteiger partial charge in [0.15, 0.2) is 12.4 Å². The minimum Gasteiger partial charge on any atom is -0.454 e. The molecule has 2 aliphatic carbocycles. The van der Waals surface area contributed by atoms with Crippen molar-refractivity contribution in [2.24, 2.45) is 23.7 Å². The fourth-order valence-electron chi connectivity index (χ4n) is 7.36. The number of ether oxygens (including phenoxy) is 1. The maximum atomic E-state index is 13.5. The number of fused-ring (bicyclic) bond motifs is 6. The number of aryl methyl sites for hydroxylation is 3. The van der Waals surface area contributed by atoms with E-state index in [2.05, 4.69) is 47.8 Å². The second-order valence-electron chi connectivity index (χ2n) is 12.5. The van der Waals surface area contributed by atoms with Crippen LogP contribution in [0.3, 0.4) is 0 Å². The molecule has 3 aliphatic rings. The van der Waals surface area contributed by atoms with E-state index in [4.69, 9.17) is 9.72 Å². The Kier molecular flexibility index (Phi) is 8.05. The summed E-state index contributed by atoms with van der Waals surface area (Å²) in [4.78, 5) is 60.0. The third kappa shape index (κ3) is 5.08. The second-order valence-corrected chi connectivity index (χ2v) is 15.6. The van der Waals surface area contributed by atoms with Crippen LogP contribution in [0.25, 0.3) is 22.2 Å². The van der Waals surface area contributed by atoms with Gasteiger partial charge in [-0.3, -0.25) is 19.3 Å². The van der Waals surface area contributed by atoms with Crippen LogP contribution in [0.1, 0.15) is 43.8 Å². The fourth-order valence-corrected chi connectivity index (χ4v) is 9.81. The van der Waals surface area contributed by atoms with Crippen molar-refractivity contribution in [3.63, 3.8) is 0 Å². The Bertz CT molecular complexity index is 1940. The lowest BCUT2D eigenvalue weighted by Crippen LogP contribution is -2.37. The second kappa shape index (κ2) is 11.8. The number of benzene rings is 3. The van der Waals surface area contributed by atoms with Crippen LogP contribution in [0, 0.1) is 44.4 Å². The SMILES string of the molecule is Cc1ccc(C(=O)COC(=O)c2cc(-c3ccc(N4C(=O)C5C6CC(C(Br)C6Br)C5C4=O)cc3)nc3c(C)cc(Br)cc23)cc1C. The highest BCUT2D eigenvalue weighted by atomic mass is 79.9. The number of Topliss-reactive ketones (excluding diaryl/α,β-unsaturated/α-hetero) is 1. The molecule has 1 saturated heterocycles. The van der Waals surface area contributed by atoms with Gasteiger partial charge in [0, 0.05) is 30.6 Å². The van der Waals surface area contributed by atoms with Crippen molar-refractivity contribution in [2.45, 2.75) is 36.8 Å². The quantitative estimate of drug-likeness (QED) is 0.0852. The molecular formula is C36H29Br3N2O5. The standard InChI is InChI=1S/C36H29Br3N2O5/c1-16-4-5-20(10-17(16)2)28(42)15-46-36(45)24-14-27(40-33-18(3)11-21(37)12-23(24)33)19-6-8-22(9-7-19)41-34(43)29-25-13-26(30(29)35(41)44)32(39)31(25)38/h4-12,14,25-26,29-32H,13,15H2,1-3H3. The number of hydrogen-bond acceptors (Lipinski definition) is 6. The summed E-state index contributed by atoms with van der Waals surface area (Å²) < 4.78 is 6.34. The third-order valence-corrected chi connectivity index (χ3v) is 13.5. The van der Waals surface area contributed by atoms with Gasteiger partial charge in [-0.25, -0.2) is 9.78 Å². The van der Waals surface area contributed by atoms with Gasteiger partial charge in [-0.05, 0) is 92.1 Å². The van der Waals surface area contributed by atoms with Crippen LogP contribution in [0.4, 0.5) is 5.69 Å². The Morgan fingerprint density at radius 1 is 0.848 bits per heavy atom. The number of halogens is 3. The molecule has 6 atom stereocenters. The molecule has 0 spiro atoms. The van der Waals surface area contributed by atoms with E-state index >= 15 is 0 Å². The van der Waals surface area contributed by atoms with Gasteiger partial charge in [0.05, 0.1) is 34.3 Å². The number of carbonyl (C=O) groups excluding carboxylic acids is 4. The maximum absolute atomic E-state index is 13.5. The number of carbonyl (C=O) groups is 4. The van der Waals surface area contributed by atoms with Crippen molar-refractivity contribution in [1.82, 2.24) is 4.98 Å². The number of aromatic nitrogens is 1. The molecule has 0 radical (unpaired) electrons. The molecule has 6 unspecified atom stereocenters. The number of amides is 2. The summed E-state index contributed by atoms with van der Waals surface area (Å²) in [5.74, 6) is -1.51. The van der Waals surface area contributed by atoms with Crippen LogP contribution < -0.4 is 4.90 Å². The molecule has 0 N–H and O–H groups in total. The summed E-state index contributed by atoms with van der Waals surface area (Å²) in [5.41, 5.74) is 6.06. The van der Waals surface area contributed by atoms with E-state index in [1.165, 1.54) is 4.90 Å². The first kappa shape index (κ1) is 31.4. The number of pyridine rings is 1. The molecule has 3 aromatic carbocycles. The molecule has 2 heterocycles. The lowest BCUT2D eigenvalue weighted by Gasteiger charge is -2.28. The van der Waals surface area contributed by atoms with E-state index in [0.29, 0.717) is 33.4 Å². The molecule has 2 bridgehead atoms. The molecule has 1 aromatic heterocycles. The van der Waals surface area contributed by atoms with E-state index in [-0.39, 0.29) is 56.5 Å². The number of hydrogen-bond donors (Lipinski definition) is 0. The summed E-state index contributed by atoms with van der Waals surface area (Å²) in [5, 5.41) is 0.598. The molecule has 1 aliphatic heterocycles. The molecule has 2 saturated carbocycles. The Balaban J connectivity index is 1.18. The molecule has 4 aromatic rings. The van der Waals surface area contributed by atoms with E-state index in [1.54, 1.807) is 42.5 Å². The number of ketones is 1. The van der Waals surface area contributed by atoms with Crippen LogP contribution in [-0.2, 0) is 14.3 Å². The maximum Gasteiger partial charge on any atom is 0.339 e. The topological polar surface area (TPSA) is 93.6 Å². The number of imide groups is 1. The lowest BCUT2D eigenvalue weighted by molar-refractivity contribution is -0.123. The third-order valence-electron chi connectivity index (χ3n) is 9.86. The number of rotatable bonds is 6. The van der Waals surface area contributed by atoms with Gasteiger partial charge in [0.25, 0.3) is 0 Å². The van der Waals surface area contributed by atoms with Gasteiger partial charge in [-0.15, -0.1) is 0 Å². The highest BCUT2D eigenvalue weighted by Crippen LogP contribution is 2.60. The average Bonchev–Trinajstić information content (AvgIpc) is 3.65. The van der Waals surface area contributed by atoms with Crippen LogP contribution in [0.2, 0.25) is 0 Å². The van der Waals surface area contributed by atoms with Crippen molar-refractivity contribution in [3.05, 3.63) is 93.0 Å². The first-order valence-corrected chi connectivity index (χ1v) is 17.7. The monoisotopic (exact) mass is 806 g/mol. The van der Waals surface area contributed by atoms with Crippen LogP contribution in [0.15, 0.2) is 65.1 Å². The molecule has 7 nitrogen and oxygen atoms in total. The normalized spacial score (nSPS) is 25.0. The Morgan fingerprint density at radius 3 is 2.13 bits per heavy atom. The van der Waals surface area contributed by atoms with E-state index in [0.717, 1.165) is 27.6 Å². The number of esters is 1. The average molecular weight is 809 g/mol. The first-order valence-electron chi connectivity index (χ1n) is 15.1. The van der Waals surface area contributed by atoms with Crippen molar-refractivity contribution < 1.29 is 23.9 Å². The summed E-state index contributed by atoms with van der Waals surface area (Å²) in [6.45, 7) is 5.42. The van der Waals surface area contributed by atoms with E-state index < -0.39 is 12.6 Å². The van der Waals surface area contributed by atoms with Gasteiger partial charge in [-0.2, -0.15) is 0 Å². The molecule has 234 valence electrons. The van der Waals surface area contributed by atoms with Gasteiger partial charge >= 0.3 is 5.97 Å². The largest absolute Gasteiger partial charge is 0.454 e. The van der Waals surface area contributed by atoms with E-state index in [1.807, 2.05) is 39.0 Å². The molecule has 10 heteroatoms. The highest BCUT2D eigenvalue weighted by molar-refractivity contribution is 9.12. The minimum atomic E-state index is -0.635. The van der Waals surface area contributed by atoms with Crippen LogP contribution >= 0.6 is 47.8 Å². The van der Waals surface area contributed by atoms with Crippen molar-refractivity contribution >= 4 is 87.9 Å². The Labute approximate surface area is 291 Å². The predicted molar refractivity (Wildman–Crippen MR) is 187 cm³/mol. The number of anilines is 1. The minimum absolute atomic E-state index is 0.135. The molecule has 3 fully saturated rings. The summed E-state index contributed by atoms with van der Waals surface area (Å²) in [6.07, 6.45) is 0.875. The van der Waals surface area contributed by atoms with Crippen molar-refractivity contribution in [3.8, 4) is 11.3 Å². The summed E-state index contributed by atoms with van der Waals surface area (Å²) in [7, 11) is 0. The van der Waals surface area contributed by atoms with Gasteiger partial charge in [0.2, 0.25) is 11.8 Å². The molecule has 2 amide bonds. The van der Waals surface area contributed by atoms with Crippen LogP contribution in [-0.4, -0.2) is 44.8 Å². The lowest BCUT2D eigenvalue weighted by atomic mass is 9.81. The number of nitrogens with zero attached hydrogens (tertiary/aromatic N) is 2. The van der Waals surface area contributed by atoms with Gasteiger partial charge in [-0.1, -0.05) is 72.1 Å².